The third kappa shape index (κ3) is 1.60. The smallest absolute Gasteiger partial charge is 0.261 e. The molecule has 3 heteroatoms. The van der Waals surface area contributed by atoms with Gasteiger partial charge in [-0.3, -0.25) is 0 Å². The van der Waals surface area contributed by atoms with Gasteiger partial charge in [-0.05, 0) is 18.8 Å². The molecule has 1 aliphatic heterocycles. The Morgan fingerprint density at radius 3 is 2.33 bits per heavy atom. The van der Waals surface area contributed by atoms with Crippen LogP contribution in [0.2, 0.25) is 0 Å². The molecule has 1 aliphatic carbocycles. The Kier molecular flexibility index (Phi) is 2.07. The first kappa shape index (κ1) is 8.42. The van der Waals surface area contributed by atoms with E-state index in [-0.39, 0.29) is 19.0 Å². The first-order valence-corrected chi connectivity index (χ1v) is 4.79. The number of hydrogen-bond acceptors (Lipinski definition) is 1. The molecule has 70 valence electrons. The van der Waals surface area contributed by atoms with Crippen molar-refractivity contribution in [3.8, 4) is 0 Å². The van der Waals surface area contributed by atoms with E-state index in [1.807, 2.05) is 0 Å². The zero-order valence-electron chi connectivity index (χ0n) is 7.15. The molecule has 2 rings (SSSR count). The number of halogens is 2. The van der Waals surface area contributed by atoms with Gasteiger partial charge in [-0.25, -0.2) is 8.78 Å². The summed E-state index contributed by atoms with van der Waals surface area (Å²) in [6, 6.07) is 0.0995. The molecular formula is C9H15F2N. The second-order valence-electron chi connectivity index (χ2n) is 4.09. The first-order valence-electron chi connectivity index (χ1n) is 4.79. The van der Waals surface area contributed by atoms with Crippen molar-refractivity contribution in [1.29, 1.82) is 0 Å². The maximum atomic E-state index is 12.8. The number of alkyl halides is 2. The Balaban J connectivity index is 1.90. The molecular weight excluding hydrogens is 160 g/mol. The minimum atomic E-state index is -2.44. The maximum absolute atomic E-state index is 12.8. The zero-order valence-corrected chi connectivity index (χ0v) is 7.15. The SMILES string of the molecule is FC1(F)CNC(C2CCCC2)C1. The molecule has 0 aromatic heterocycles. The summed E-state index contributed by atoms with van der Waals surface area (Å²) >= 11 is 0. The summed E-state index contributed by atoms with van der Waals surface area (Å²) < 4.78 is 25.6. The van der Waals surface area contributed by atoms with Crippen LogP contribution in [0.5, 0.6) is 0 Å². The molecule has 1 saturated heterocycles. The predicted octanol–water partition coefficient (Wildman–Crippen LogP) is 2.17. The zero-order chi connectivity index (χ0) is 8.60. The molecule has 1 nitrogen and oxygen atoms in total. The van der Waals surface area contributed by atoms with Crippen LogP contribution in [-0.4, -0.2) is 18.5 Å². The van der Waals surface area contributed by atoms with Crippen LogP contribution in [0.3, 0.4) is 0 Å². The van der Waals surface area contributed by atoms with Gasteiger partial charge in [-0.15, -0.1) is 0 Å². The Bertz CT molecular complexity index is 164. The van der Waals surface area contributed by atoms with Crippen molar-refractivity contribution in [1.82, 2.24) is 5.32 Å². The van der Waals surface area contributed by atoms with Gasteiger partial charge < -0.3 is 5.32 Å². The molecule has 1 N–H and O–H groups in total. The molecule has 0 amide bonds. The highest BCUT2D eigenvalue weighted by Gasteiger charge is 2.42. The fourth-order valence-corrected chi connectivity index (χ4v) is 2.44. The molecule has 0 aromatic carbocycles. The van der Waals surface area contributed by atoms with Crippen molar-refractivity contribution in [3.05, 3.63) is 0 Å². The molecule has 2 aliphatic rings. The van der Waals surface area contributed by atoms with Gasteiger partial charge in [-0.2, -0.15) is 0 Å². The molecule has 1 unspecified atom stereocenters. The third-order valence-corrected chi connectivity index (χ3v) is 3.11. The van der Waals surface area contributed by atoms with E-state index >= 15 is 0 Å². The number of nitrogens with one attached hydrogen (secondary N) is 1. The highest BCUT2D eigenvalue weighted by molar-refractivity contribution is 4.92. The quantitative estimate of drug-likeness (QED) is 0.644. The molecule has 0 radical (unpaired) electrons. The minimum Gasteiger partial charge on any atom is -0.308 e. The Labute approximate surface area is 71.5 Å². The molecule has 1 atom stereocenters. The lowest BCUT2D eigenvalue weighted by Crippen LogP contribution is -2.28. The van der Waals surface area contributed by atoms with E-state index in [9.17, 15) is 8.78 Å². The van der Waals surface area contributed by atoms with Crippen LogP contribution in [0.4, 0.5) is 8.78 Å². The minimum absolute atomic E-state index is 0.0671. The Morgan fingerprint density at radius 2 is 1.83 bits per heavy atom. The Hall–Kier alpha value is -0.180. The van der Waals surface area contributed by atoms with Gasteiger partial charge in [0.2, 0.25) is 0 Å². The van der Waals surface area contributed by atoms with Gasteiger partial charge in [0.25, 0.3) is 5.92 Å². The van der Waals surface area contributed by atoms with Gasteiger partial charge in [0, 0.05) is 12.5 Å². The van der Waals surface area contributed by atoms with E-state index in [0.717, 1.165) is 12.8 Å². The van der Waals surface area contributed by atoms with Crippen LogP contribution in [0.15, 0.2) is 0 Å². The van der Waals surface area contributed by atoms with Crippen LogP contribution in [0.1, 0.15) is 32.1 Å². The Morgan fingerprint density at radius 1 is 1.17 bits per heavy atom. The number of hydrogen-bond donors (Lipinski definition) is 1. The first-order chi connectivity index (χ1) is 5.67. The molecule has 1 saturated carbocycles. The van der Waals surface area contributed by atoms with E-state index in [1.54, 1.807) is 0 Å². The lowest BCUT2D eigenvalue weighted by atomic mass is 9.96. The molecule has 0 bridgehead atoms. The summed E-state index contributed by atoms with van der Waals surface area (Å²) in [6.07, 6.45) is 4.82. The molecule has 0 aromatic rings. The summed E-state index contributed by atoms with van der Waals surface area (Å²) in [5.41, 5.74) is 0. The van der Waals surface area contributed by atoms with Crippen molar-refractivity contribution in [3.63, 3.8) is 0 Å². The topological polar surface area (TPSA) is 12.0 Å². The average Bonchev–Trinajstić information content (AvgIpc) is 2.55. The summed E-state index contributed by atoms with van der Waals surface area (Å²) in [4.78, 5) is 0. The van der Waals surface area contributed by atoms with Crippen LogP contribution >= 0.6 is 0 Å². The van der Waals surface area contributed by atoms with Gasteiger partial charge in [0.05, 0.1) is 6.54 Å². The highest BCUT2D eigenvalue weighted by Crippen LogP contribution is 2.35. The van der Waals surface area contributed by atoms with Crippen molar-refractivity contribution < 1.29 is 8.78 Å². The summed E-state index contributed by atoms with van der Waals surface area (Å²) in [5.74, 6) is -1.91. The van der Waals surface area contributed by atoms with E-state index in [0.29, 0.717) is 5.92 Å². The molecule has 1 heterocycles. The highest BCUT2D eigenvalue weighted by atomic mass is 19.3. The fraction of sp³-hybridized carbons (Fsp3) is 1.00. The van der Waals surface area contributed by atoms with Crippen molar-refractivity contribution in [2.45, 2.75) is 44.1 Å². The largest absolute Gasteiger partial charge is 0.308 e. The van der Waals surface area contributed by atoms with Gasteiger partial charge in [-0.1, -0.05) is 12.8 Å². The van der Waals surface area contributed by atoms with E-state index in [1.165, 1.54) is 12.8 Å². The van der Waals surface area contributed by atoms with Crippen molar-refractivity contribution in [2.24, 2.45) is 5.92 Å². The summed E-state index contributed by atoms with van der Waals surface area (Å²) in [5, 5.41) is 2.94. The maximum Gasteiger partial charge on any atom is 0.261 e. The standard InChI is InChI=1S/C9H15F2N/c10-9(11)5-8(12-6-9)7-3-1-2-4-7/h7-8,12H,1-6H2. The van der Waals surface area contributed by atoms with Crippen molar-refractivity contribution in [2.75, 3.05) is 6.54 Å². The summed E-state index contributed by atoms with van der Waals surface area (Å²) in [6.45, 7) is -0.103. The van der Waals surface area contributed by atoms with E-state index < -0.39 is 5.92 Å². The van der Waals surface area contributed by atoms with Gasteiger partial charge in [0.1, 0.15) is 0 Å². The second kappa shape index (κ2) is 2.95. The van der Waals surface area contributed by atoms with E-state index in [2.05, 4.69) is 5.32 Å². The van der Waals surface area contributed by atoms with Crippen LogP contribution < -0.4 is 5.32 Å². The third-order valence-electron chi connectivity index (χ3n) is 3.11. The van der Waals surface area contributed by atoms with Gasteiger partial charge >= 0.3 is 0 Å². The lowest BCUT2D eigenvalue weighted by Gasteiger charge is -2.17. The van der Waals surface area contributed by atoms with Crippen molar-refractivity contribution >= 4 is 0 Å². The van der Waals surface area contributed by atoms with E-state index in [4.69, 9.17) is 0 Å². The average molecular weight is 175 g/mol. The van der Waals surface area contributed by atoms with Crippen LogP contribution in [0.25, 0.3) is 0 Å². The summed E-state index contributed by atoms with van der Waals surface area (Å²) in [7, 11) is 0. The predicted molar refractivity (Wildman–Crippen MR) is 43.3 cm³/mol. The van der Waals surface area contributed by atoms with Crippen LogP contribution in [0, 0.1) is 5.92 Å². The molecule has 2 fully saturated rings. The molecule has 0 spiro atoms. The molecule has 12 heavy (non-hydrogen) atoms. The lowest BCUT2D eigenvalue weighted by molar-refractivity contribution is 0.0193. The number of rotatable bonds is 1. The monoisotopic (exact) mass is 175 g/mol. The second-order valence-corrected chi connectivity index (χ2v) is 4.09. The van der Waals surface area contributed by atoms with Crippen LogP contribution in [-0.2, 0) is 0 Å². The fourth-order valence-electron chi connectivity index (χ4n) is 2.44. The normalized spacial score (nSPS) is 36.0. The van der Waals surface area contributed by atoms with Gasteiger partial charge in [0.15, 0.2) is 0 Å².